The summed E-state index contributed by atoms with van der Waals surface area (Å²) >= 11 is 6.03. The van der Waals surface area contributed by atoms with Crippen LogP contribution in [0.25, 0.3) is 0 Å². The Morgan fingerprint density at radius 3 is 2.44 bits per heavy atom. The molecule has 1 N–H and O–H groups in total. The van der Waals surface area contributed by atoms with Crippen molar-refractivity contribution in [1.29, 1.82) is 0 Å². The van der Waals surface area contributed by atoms with Gasteiger partial charge >= 0.3 is 12.5 Å². The van der Waals surface area contributed by atoms with Crippen LogP contribution in [0.5, 0.6) is 5.75 Å². The predicted molar refractivity (Wildman–Crippen MR) is 124 cm³/mol. The fraction of sp³-hybridized carbons (Fsp3) is 0.308. The second-order valence-electron chi connectivity index (χ2n) is 8.74. The van der Waals surface area contributed by atoms with Crippen molar-refractivity contribution >= 4 is 17.5 Å². The van der Waals surface area contributed by atoms with E-state index in [1.54, 1.807) is 30.3 Å². The summed E-state index contributed by atoms with van der Waals surface area (Å²) in [5.74, 6) is -2.09. The normalized spacial score (nSPS) is 15.4. The van der Waals surface area contributed by atoms with Gasteiger partial charge in [-0.3, -0.25) is 9.78 Å². The van der Waals surface area contributed by atoms with E-state index in [2.05, 4.69) is 15.0 Å². The van der Waals surface area contributed by atoms with Gasteiger partial charge in [0.25, 0.3) is 0 Å². The highest BCUT2D eigenvalue weighted by atomic mass is 35.5. The van der Waals surface area contributed by atoms with E-state index in [1.807, 2.05) is 12.1 Å². The first-order valence-corrected chi connectivity index (χ1v) is 11.6. The van der Waals surface area contributed by atoms with Gasteiger partial charge in [0.2, 0.25) is 5.91 Å². The number of carbonyl (C=O) groups is 1. The number of amides is 1. The third-order valence-corrected chi connectivity index (χ3v) is 6.23. The maximum absolute atomic E-state index is 14.7. The van der Waals surface area contributed by atoms with Gasteiger partial charge in [-0.25, -0.2) is 4.39 Å². The van der Waals surface area contributed by atoms with Gasteiger partial charge in [0.15, 0.2) is 0 Å². The maximum Gasteiger partial charge on any atom is 0.461 e. The highest BCUT2D eigenvalue weighted by Gasteiger charge is 2.45. The third kappa shape index (κ3) is 5.95. The number of pyridine rings is 1. The molecular formula is C26H22ClF5N2O2. The molecule has 36 heavy (non-hydrogen) atoms. The van der Waals surface area contributed by atoms with Crippen molar-refractivity contribution in [2.24, 2.45) is 5.92 Å². The van der Waals surface area contributed by atoms with E-state index in [4.69, 9.17) is 11.6 Å². The topological polar surface area (TPSA) is 51.2 Å². The number of benzene rings is 2. The van der Waals surface area contributed by atoms with Crippen molar-refractivity contribution < 1.29 is 31.5 Å². The summed E-state index contributed by atoms with van der Waals surface area (Å²) in [5, 5.41) is 3.21. The number of rotatable bonds is 10. The van der Waals surface area contributed by atoms with Crippen LogP contribution in [0.3, 0.4) is 0 Å². The molecule has 0 spiro atoms. The summed E-state index contributed by atoms with van der Waals surface area (Å²) in [5.41, 5.74) is -0.0301. The highest BCUT2D eigenvalue weighted by molar-refractivity contribution is 6.30. The van der Waals surface area contributed by atoms with Crippen molar-refractivity contribution in [2.45, 2.75) is 37.2 Å². The lowest BCUT2D eigenvalue weighted by Gasteiger charge is -2.35. The Morgan fingerprint density at radius 1 is 1.11 bits per heavy atom. The summed E-state index contributed by atoms with van der Waals surface area (Å²) in [6.07, 6.45) is -5.91. The predicted octanol–water partition coefficient (Wildman–Crippen LogP) is 6.17. The van der Waals surface area contributed by atoms with Gasteiger partial charge in [-0.1, -0.05) is 41.9 Å². The Balaban J connectivity index is 1.86. The zero-order chi connectivity index (χ0) is 25.9. The van der Waals surface area contributed by atoms with Crippen molar-refractivity contribution in [3.8, 4) is 5.75 Å². The number of nitrogens with zero attached hydrogens (tertiary/aromatic N) is 1. The smallest absolute Gasteiger partial charge is 0.428 e. The van der Waals surface area contributed by atoms with Gasteiger partial charge in [-0.2, -0.15) is 17.6 Å². The molecule has 0 saturated heterocycles. The fourth-order valence-corrected chi connectivity index (χ4v) is 4.14. The Morgan fingerprint density at radius 2 is 1.83 bits per heavy atom. The third-order valence-electron chi connectivity index (χ3n) is 6.01. The second kappa shape index (κ2) is 10.4. The lowest BCUT2D eigenvalue weighted by molar-refractivity contribution is -0.253. The van der Waals surface area contributed by atoms with Crippen LogP contribution in [0.2, 0.25) is 5.02 Å². The maximum atomic E-state index is 14.7. The lowest BCUT2D eigenvalue weighted by atomic mass is 9.72. The van der Waals surface area contributed by atoms with Gasteiger partial charge < -0.3 is 10.1 Å². The molecule has 10 heteroatoms. The molecular weight excluding hydrogens is 503 g/mol. The molecule has 1 fully saturated rings. The van der Waals surface area contributed by atoms with Crippen LogP contribution >= 0.6 is 11.6 Å². The number of halogens is 6. The van der Waals surface area contributed by atoms with Gasteiger partial charge in [-0.05, 0) is 54.7 Å². The first kappa shape index (κ1) is 25.9. The van der Waals surface area contributed by atoms with Crippen molar-refractivity contribution in [2.75, 3.05) is 6.54 Å². The molecule has 1 aromatic heterocycles. The Kier molecular flexibility index (Phi) is 7.49. The molecule has 1 aliphatic carbocycles. The first-order valence-electron chi connectivity index (χ1n) is 11.2. The summed E-state index contributed by atoms with van der Waals surface area (Å²) in [4.78, 5) is 17.0. The minimum atomic E-state index is -4.83. The average molecular weight is 525 g/mol. The van der Waals surface area contributed by atoms with E-state index in [0.717, 1.165) is 30.5 Å². The molecule has 190 valence electrons. The number of carbonyl (C=O) groups excluding carboxylic acids is 1. The number of hydrogen-bond donors (Lipinski definition) is 1. The molecule has 1 amide bonds. The molecule has 1 saturated carbocycles. The van der Waals surface area contributed by atoms with Gasteiger partial charge in [-0.15, -0.1) is 0 Å². The molecule has 0 unspecified atom stereocenters. The van der Waals surface area contributed by atoms with E-state index < -0.39 is 29.5 Å². The Bertz CT molecular complexity index is 1210. The monoisotopic (exact) mass is 524 g/mol. The highest BCUT2D eigenvalue weighted by Crippen LogP contribution is 2.39. The molecule has 2 aromatic carbocycles. The lowest BCUT2D eigenvalue weighted by Crippen LogP contribution is -2.44. The summed E-state index contributed by atoms with van der Waals surface area (Å²) in [6.45, 7) is -0.0695. The van der Waals surface area contributed by atoms with Crippen LogP contribution in [-0.2, 0) is 16.6 Å². The van der Waals surface area contributed by atoms with Gasteiger partial charge in [0.1, 0.15) is 11.6 Å². The van der Waals surface area contributed by atoms with Crippen molar-refractivity contribution in [1.82, 2.24) is 10.3 Å². The summed E-state index contributed by atoms with van der Waals surface area (Å²) in [6, 6.07) is 14.9. The molecule has 4 rings (SSSR count). The number of hydrogen-bond acceptors (Lipinski definition) is 3. The Labute approximate surface area is 209 Å². The molecule has 4 nitrogen and oxygen atoms in total. The SMILES string of the molecule is O=C(NC[C@@](Cc1ccccc1)(c1cc(F)cc(OC(F)(F)C(F)F)c1)c1ccc(Cl)cn1)C1CC1. The number of ether oxygens (including phenoxy) is 1. The van der Waals surface area contributed by atoms with Crippen LogP contribution in [0.15, 0.2) is 66.9 Å². The van der Waals surface area contributed by atoms with E-state index in [9.17, 15) is 26.7 Å². The zero-order valence-corrected chi connectivity index (χ0v) is 19.6. The molecule has 1 heterocycles. The zero-order valence-electron chi connectivity index (χ0n) is 18.9. The average Bonchev–Trinajstić information content (AvgIpc) is 3.68. The van der Waals surface area contributed by atoms with Gasteiger partial charge in [0, 0.05) is 24.7 Å². The number of nitrogens with one attached hydrogen (secondary N) is 1. The van der Waals surface area contributed by atoms with E-state index in [1.165, 1.54) is 6.20 Å². The van der Waals surface area contributed by atoms with Crippen LogP contribution in [0.4, 0.5) is 22.0 Å². The number of aromatic nitrogens is 1. The quantitative estimate of drug-likeness (QED) is 0.323. The molecule has 0 aliphatic heterocycles. The van der Waals surface area contributed by atoms with E-state index >= 15 is 0 Å². The molecule has 3 aromatic rings. The minimum Gasteiger partial charge on any atom is -0.428 e. The second-order valence-corrected chi connectivity index (χ2v) is 9.17. The number of alkyl halides is 4. The molecule has 1 atom stereocenters. The molecule has 1 aliphatic rings. The summed E-state index contributed by atoms with van der Waals surface area (Å²) in [7, 11) is 0. The fourth-order valence-electron chi connectivity index (χ4n) is 4.03. The van der Waals surface area contributed by atoms with E-state index in [-0.39, 0.29) is 30.4 Å². The van der Waals surface area contributed by atoms with Crippen LogP contribution in [-0.4, -0.2) is 30.0 Å². The molecule has 0 radical (unpaired) electrons. The van der Waals surface area contributed by atoms with Gasteiger partial charge in [0.05, 0.1) is 16.1 Å². The van der Waals surface area contributed by atoms with Crippen LogP contribution in [0, 0.1) is 11.7 Å². The largest absolute Gasteiger partial charge is 0.461 e. The first-order chi connectivity index (χ1) is 17.1. The Hall–Kier alpha value is -3.20. The standard InChI is InChI=1S/C26H22ClF5N2O2/c27-19-8-9-22(33-14-19)25(13-16-4-2-1-3-5-16,15-34-23(35)17-6-7-17)18-10-20(28)12-21(11-18)36-26(31,32)24(29)30/h1-5,8-12,14,17,24H,6-7,13,15H2,(H,34,35)/t25-/m0/s1. The van der Waals surface area contributed by atoms with Crippen LogP contribution < -0.4 is 10.1 Å². The van der Waals surface area contributed by atoms with E-state index in [0.29, 0.717) is 16.8 Å². The van der Waals surface area contributed by atoms with Crippen molar-refractivity contribution in [3.05, 3.63) is 94.5 Å². The molecule has 0 bridgehead atoms. The minimum absolute atomic E-state index is 0.0695. The summed E-state index contributed by atoms with van der Waals surface area (Å²) < 4.78 is 71.9. The van der Waals surface area contributed by atoms with Crippen molar-refractivity contribution in [3.63, 3.8) is 0 Å². The van der Waals surface area contributed by atoms with Crippen LogP contribution in [0.1, 0.15) is 29.7 Å².